The number of aryl methyl sites for hydroxylation is 1. The molecule has 2 unspecified atom stereocenters. The minimum Gasteiger partial charge on any atom is -0.365 e. The molecule has 1 fully saturated rings. The number of fused-ring (bicyclic) bond motifs is 1. The first-order chi connectivity index (χ1) is 11.3. The standard InChI is InChI=1S/C17H21N5S/c1-2-15-20-16(12-8-11-23-17(12)21-15)19-13-6-3-4-7-14(13)22-10-5-9-18-22/h5,8-11,13-14H,2-4,6-7H2,1H3,(H,19,20,21). The summed E-state index contributed by atoms with van der Waals surface area (Å²) in [6, 6.07) is 4.88. The van der Waals surface area contributed by atoms with Gasteiger partial charge in [0.15, 0.2) is 0 Å². The predicted octanol–water partition coefficient (Wildman–Crippen LogP) is 4.05. The van der Waals surface area contributed by atoms with Gasteiger partial charge in [-0.15, -0.1) is 11.3 Å². The highest BCUT2D eigenvalue weighted by Crippen LogP contribution is 2.33. The van der Waals surface area contributed by atoms with Crippen LogP contribution in [0.5, 0.6) is 0 Å². The second-order valence-electron chi connectivity index (χ2n) is 6.07. The van der Waals surface area contributed by atoms with Gasteiger partial charge in [-0.2, -0.15) is 5.10 Å². The fourth-order valence-corrected chi connectivity index (χ4v) is 4.20. The average Bonchev–Trinajstić information content (AvgIpc) is 3.26. The Morgan fingerprint density at radius 3 is 3.04 bits per heavy atom. The Bertz CT molecular complexity index is 779. The van der Waals surface area contributed by atoms with E-state index in [1.165, 1.54) is 12.8 Å². The Kier molecular flexibility index (Phi) is 3.99. The third-order valence-electron chi connectivity index (χ3n) is 4.60. The number of thiophene rings is 1. The van der Waals surface area contributed by atoms with Gasteiger partial charge < -0.3 is 5.32 Å². The number of anilines is 1. The molecule has 23 heavy (non-hydrogen) atoms. The van der Waals surface area contributed by atoms with E-state index in [2.05, 4.69) is 44.6 Å². The second kappa shape index (κ2) is 6.28. The van der Waals surface area contributed by atoms with Crippen LogP contribution in [0.3, 0.4) is 0 Å². The van der Waals surface area contributed by atoms with Crippen molar-refractivity contribution >= 4 is 27.4 Å². The van der Waals surface area contributed by atoms with Crippen LogP contribution in [-0.2, 0) is 6.42 Å². The summed E-state index contributed by atoms with van der Waals surface area (Å²) in [6.45, 7) is 2.10. The van der Waals surface area contributed by atoms with Gasteiger partial charge in [0.05, 0.1) is 11.4 Å². The summed E-state index contributed by atoms with van der Waals surface area (Å²) in [6.07, 6.45) is 9.63. The molecule has 1 saturated carbocycles. The van der Waals surface area contributed by atoms with Crippen molar-refractivity contribution in [2.75, 3.05) is 5.32 Å². The summed E-state index contributed by atoms with van der Waals surface area (Å²) in [7, 11) is 0. The lowest BCUT2D eigenvalue weighted by Gasteiger charge is -2.33. The van der Waals surface area contributed by atoms with Gasteiger partial charge >= 0.3 is 0 Å². The van der Waals surface area contributed by atoms with Crippen molar-refractivity contribution in [3.63, 3.8) is 0 Å². The highest BCUT2D eigenvalue weighted by atomic mass is 32.1. The minimum absolute atomic E-state index is 0.367. The normalized spacial score (nSPS) is 21.6. The molecule has 5 nitrogen and oxygen atoms in total. The first-order valence-electron chi connectivity index (χ1n) is 8.35. The molecule has 0 saturated heterocycles. The van der Waals surface area contributed by atoms with E-state index in [-0.39, 0.29) is 0 Å². The topological polar surface area (TPSA) is 55.6 Å². The van der Waals surface area contributed by atoms with Crippen molar-refractivity contribution in [3.05, 3.63) is 35.7 Å². The summed E-state index contributed by atoms with van der Waals surface area (Å²) in [5.74, 6) is 1.89. The molecule has 3 aromatic heterocycles. The largest absolute Gasteiger partial charge is 0.365 e. The number of nitrogens with one attached hydrogen (secondary N) is 1. The molecule has 0 radical (unpaired) electrons. The molecular formula is C17H21N5S. The first-order valence-corrected chi connectivity index (χ1v) is 9.23. The molecule has 1 aliphatic rings. The van der Waals surface area contributed by atoms with Crippen LogP contribution in [0.15, 0.2) is 29.9 Å². The quantitative estimate of drug-likeness (QED) is 0.785. The van der Waals surface area contributed by atoms with Crippen LogP contribution in [0.4, 0.5) is 5.82 Å². The van der Waals surface area contributed by atoms with Crippen LogP contribution in [-0.4, -0.2) is 25.8 Å². The summed E-state index contributed by atoms with van der Waals surface area (Å²) in [5, 5.41) is 11.4. The van der Waals surface area contributed by atoms with E-state index in [9.17, 15) is 0 Å². The van der Waals surface area contributed by atoms with Crippen LogP contribution in [0.1, 0.15) is 44.5 Å². The Balaban J connectivity index is 1.67. The number of hydrogen-bond acceptors (Lipinski definition) is 5. The molecule has 0 aromatic carbocycles. The Hall–Kier alpha value is -1.95. The minimum atomic E-state index is 0.367. The fraction of sp³-hybridized carbons (Fsp3) is 0.471. The third-order valence-corrected chi connectivity index (χ3v) is 5.41. The van der Waals surface area contributed by atoms with Crippen LogP contribution in [0.25, 0.3) is 10.2 Å². The Morgan fingerprint density at radius 2 is 2.22 bits per heavy atom. The smallest absolute Gasteiger partial charge is 0.138 e. The van der Waals surface area contributed by atoms with Crippen molar-refractivity contribution in [1.29, 1.82) is 0 Å². The molecule has 0 spiro atoms. The lowest BCUT2D eigenvalue weighted by molar-refractivity contribution is 0.301. The van der Waals surface area contributed by atoms with Gasteiger partial charge in [0.25, 0.3) is 0 Å². The molecular weight excluding hydrogens is 306 g/mol. The van der Waals surface area contributed by atoms with Gasteiger partial charge in [-0.1, -0.05) is 19.8 Å². The van der Waals surface area contributed by atoms with Gasteiger partial charge in [0.2, 0.25) is 0 Å². The van der Waals surface area contributed by atoms with Crippen molar-refractivity contribution in [2.24, 2.45) is 0 Å². The number of hydrogen-bond donors (Lipinski definition) is 1. The highest BCUT2D eigenvalue weighted by Gasteiger charge is 2.27. The van der Waals surface area contributed by atoms with Gasteiger partial charge in [-0.3, -0.25) is 4.68 Å². The molecule has 120 valence electrons. The lowest BCUT2D eigenvalue weighted by Crippen LogP contribution is -2.35. The molecule has 6 heteroatoms. The zero-order valence-electron chi connectivity index (χ0n) is 13.3. The maximum absolute atomic E-state index is 4.76. The maximum atomic E-state index is 4.76. The lowest BCUT2D eigenvalue weighted by atomic mass is 9.90. The van der Waals surface area contributed by atoms with Gasteiger partial charge in [-0.05, 0) is 30.4 Å². The molecule has 3 aromatic rings. The zero-order valence-corrected chi connectivity index (χ0v) is 14.1. The SMILES string of the molecule is CCc1nc(NC2CCCCC2n2cccn2)c2ccsc2n1. The molecule has 2 atom stereocenters. The van der Waals surface area contributed by atoms with Gasteiger partial charge in [0.1, 0.15) is 16.5 Å². The molecule has 1 N–H and O–H groups in total. The van der Waals surface area contributed by atoms with E-state index >= 15 is 0 Å². The first kappa shape index (κ1) is 14.6. The molecule has 0 bridgehead atoms. The van der Waals surface area contributed by atoms with E-state index in [0.717, 1.165) is 41.1 Å². The summed E-state index contributed by atoms with van der Waals surface area (Å²) in [4.78, 5) is 10.5. The van der Waals surface area contributed by atoms with E-state index in [1.54, 1.807) is 11.3 Å². The van der Waals surface area contributed by atoms with Crippen LogP contribution >= 0.6 is 11.3 Å². The predicted molar refractivity (Wildman–Crippen MR) is 93.9 cm³/mol. The van der Waals surface area contributed by atoms with Crippen LogP contribution in [0.2, 0.25) is 0 Å². The number of nitrogens with zero attached hydrogens (tertiary/aromatic N) is 4. The molecule has 1 aliphatic carbocycles. The monoisotopic (exact) mass is 327 g/mol. The van der Waals surface area contributed by atoms with E-state index < -0.39 is 0 Å². The Labute approximate surface area is 139 Å². The van der Waals surface area contributed by atoms with E-state index in [1.807, 2.05) is 12.3 Å². The second-order valence-corrected chi connectivity index (χ2v) is 6.96. The zero-order chi connectivity index (χ0) is 15.6. The molecule has 0 amide bonds. The van der Waals surface area contributed by atoms with Crippen molar-refractivity contribution in [3.8, 4) is 0 Å². The maximum Gasteiger partial charge on any atom is 0.138 e. The highest BCUT2D eigenvalue weighted by molar-refractivity contribution is 7.16. The summed E-state index contributed by atoms with van der Waals surface area (Å²) in [5.41, 5.74) is 0. The summed E-state index contributed by atoms with van der Waals surface area (Å²) >= 11 is 1.68. The van der Waals surface area contributed by atoms with E-state index in [4.69, 9.17) is 4.98 Å². The molecule has 4 rings (SSSR count). The fourth-order valence-electron chi connectivity index (χ4n) is 3.42. The number of aromatic nitrogens is 4. The van der Waals surface area contributed by atoms with Crippen molar-refractivity contribution < 1.29 is 0 Å². The average molecular weight is 327 g/mol. The third kappa shape index (κ3) is 2.83. The van der Waals surface area contributed by atoms with Crippen molar-refractivity contribution in [1.82, 2.24) is 19.7 Å². The van der Waals surface area contributed by atoms with Crippen LogP contribution in [0, 0.1) is 0 Å². The molecule has 3 heterocycles. The van der Waals surface area contributed by atoms with Crippen molar-refractivity contribution in [2.45, 2.75) is 51.1 Å². The van der Waals surface area contributed by atoms with E-state index in [0.29, 0.717) is 12.1 Å². The summed E-state index contributed by atoms with van der Waals surface area (Å²) < 4.78 is 2.10. The van der Waals surface area contributed by atoms with Crippen LogP contribution < -0.4 is 5.32 Å². The Morgan fingerprint density at radius 1 is 1.30 bits per heavy atom. The number of rotatable bonds is 4. The van der Waals surface area contributed by atoms with Gasteiger partial charge in [-0.25, -0.2) is 9.97 Å². The molecule has 0 aliphatic heterocycles. The van der Waals surface area contributed by atoms with Gasteiger partial charge in [0, 0.05) is 24.9 Å².